The van der Waals surface area contributed by atoms with Gasteiger partial charge in [0.2, 0.25) is 0 Å². The van der Waals surface area contributed by atoms with Crippen LogP contribution in [0.3, 0.4) is 0 Å². The third-order valence-corrected chi connectivity index (χ3v) is 6.46. The normalized spacial score (nSPS) is 12.6. The first-order valence-corrected chi connectivity index (χ1v) is 10.1. The number of alkyl halides is 2. The van der Waals surface area contributed by atoms with Crippen molar-refractivity contribution in [2.24, 2.45) is 0 Å². The molecular formula is C12H11BrF2NO3PS2. The molecule has 0 unspecified atom stereocenters. The summed E-state index contributed by atoms with van der Waals surface area (Å²) in [6.07, 6.45) is 1.76. The van der Waals surface area contributed by atoms with E-state index in [0.717, 1.165) is 20.8 Å². The van der Waals surface area contributed by atoms with Crippen LogP contribution in [0.25, 0.3) is 0 Å². The van der Waals surface area contributed by atoms with Gasteiger partial charge in [-0.15, -0.1) is 11.3 Å². The van der Waals surface area contributed by atoms with Gasteiger partial charge in [0, 0.05) is 26.9 Å². The van der Waals surface area contributed by atoms with E-state index in [2.05, 4.69) is 20.9 Å². The number of rotatable bonds is 5. The molecule has 0 spiro atoms. The highest BCUT2D eigenvalue weighted by Gasteiger charge is 2.51. The summed E-state index contributed by atoms with van der Waals surface area (Å²) < 4.78 is 39.2. The number of aromatic nitrogens is 1. The summed E-state index contributed by atoms with van der Waals surface area (Å²) >= 11 is 5.97. The Morgan fingerprint density at radius 2 is 2.14 bits per heavy atom. The predicted octanol–water partition coefficient (Wildman–Crippen LogP) is 4.73. The lowest BCUT2D eigenvalue weighted by atomic mass is 10.1. The molecule has 0 aliphatic rings. The Bertz CT molecular complexity index is 735. The number of nitrogens with zero attached hydrogens (tertiary/aromatic N) is 1. The van der Waals surface area contributed by atoms with Gasteiger partial charge in [0.1, 0.15) is 4.34 Å². The molecule has 120 valence electrons. The van der Waals surface area contributed by atoms with Crippen molar-refractivity contribution < 1.29 is 23.1 Å². The van der Waals surface area contributed by atoms with Crippen LogP contribution in [-0.4, -0.2) is 14.8 Å². The molecule has 1 aromatic carbocycles. The number of thiazole rings is 1. The van der Waals surface area contributed by atoms with E-state index in [-0.39, 0.29) is 4.47 Å². The maximum Gasteiger partial charge on any atom is 0.399 e. The number of thioether (sulfide) groups is 1. The van der Waals surface area contributed by atoms with E-state index in [4.69, 9.17) is 9.79 Å². The van der Waals surface area contributed by atoms with Crippen molar-refractivity contribution in [1.29, 1.82) is 0 Å². The molecule has 22 heavy (non-hydrogen) atoms. The molecule has 0 radical (unpaired) electrons. The van der Waals surface area contributed by atoms with Gasteiger partial charge in [0.15, 0.2) is 0 Å². The van der Waals surface area contributed by atoms with Crippen LogP contribution in [-0.2, 0) is 16.0 Å². The van der Waals surface area contributed by atoms with Crippen molar-refractivity contribution in [3.8, 4) is 0 Å². The van der Waals surface area contributed by atoms with Gasteiger partial charge < -0.3 is 9.79 Å². The Labute approximate surface area is 142 Å². The largest absolute Gasteiger partial charge is 0.399 e. The van der Waals surface area contributed by atoms with E-state index in [1.807, 2.05) is 6.92 Å². The van der Waals surface area contributed by atoms with Crippen molar-refractivity contribution >= 4 is 46.6 Å². The van der Waals surface area contributed by atoms with E-state index in [1.165, 1.54) is 35.2 Å². The zero-order valence-corrected chi connectivity index (χ0v) is 15.3. The molecule has 0 aliphatic carbocycles. The highest BCUT2D eigenvalue weighted by Crippen LogP contribution is 2.60. The fourth-order valence-electron chi connectivity index (χ4n) is 1.60. The van der Waals surface area contributed by atoms with E-state index in [1.54, 1.807) is 6.20 Å². The lowest BCUT2D eigenvalue weighted by Crippen LogP contribution is -2.14. The van der Waals surface area contributed by atoms with Gasteiger partial charge in [-0.25, -0.2) is 4.98 Å². The number of halogens is 3. The predicted molar refractivity (Wildman–Crippen MR) is 86.5 cm³/mol. The minimum Gasteiger partial charge on any atom is -0.320 e. The molecule has 0 atom stereocenters. The van der Waals surface area contributed by atoms with E-state index in [9.17, 15) is 13.3 Å². The van der Waals surface area contributed by atoms with Crippen LogP contribution in [0.5, 0.6) is 0 Å². The van der Waals surface area contributed by atoms with Crippen molar-refractivity contribution in [2.45, 2.75) is 22.7 Å². The monoisotopic (exact) mass is 429 g/mol. The first-order chi connectivity index (χ1) is 10.1. The van der Waals surface area contributed by atoms with Crippen LogP contribution >= 0.6 is 46.6 Å². The van der Waals surface area contributed by atoms with Crippen LogP contribution in [0.4, 0.5) is 8.78 Å². The fourth-order valence-corrected chi connectivity index (χ4v) is 4.82. The molecule has 0 saturated heterocycles. The second kappa shape index (κ2) is 6.67. The second-order valence-electron chi connectivity index (χ2n) is 4.42. The number of benzene rings is 1. The first kappa shape index (κ1) is 18.0. The van der Waals surface area contributed by atoms with Gasteiger partial charge in [-0.1, -0.05) is 39.8 Å². The number of aryl methyl sites for hydroxylation is 1. The summed E-state index contributed by atoms with van der Waals surface area (Å²) in [6, 6.07) is 3.90. The molecule has 1 heterocycles. The standard InChI is InChI=1S/C12H11BrF2NO3PS2/c1-7-5-16-11(22-7)21-6-8-2-3-9(10(13)4-8)12(14,15)20(17,18)19/h2-5H,6H2,1H3,(H2,17,18,19). The Balaban J connectivity index is 2.18. The van der Waals surface area contributed by atoms with Crippen molar-refractivity contribution in [3.05, 3.63) is 44.9 Å². The molecule has 2 N–H and O–H groups in total. The number of hydrogen-bond donors (Lipinski definition) is 2. The molecule has 0 fully saturated rings. The maximum absolute atomic E-state index is 13.7. The van der Waals surface area contributed by atoms with Gasteiger partial charge in [-0.2, -0.15) is 8.78 Å². The molecule has 0 saturated carbocycles. The van der Waals surface area contributed by atoms with E-state index < -0.39 is 18.8 Å². The van der Waals surface area contributed by atoms with Crippen LogP contribution in [0.1, 0.15) is 16.0 Å². The van der Waals surface area contributed by atoms with Gasteiger partial charge in [-0.05, 0) is 18.6 Å². The summed E-state index contributed by atoms with van der Waals surface area (Å²) in [7, 11) is -5.57. The highest BCUT2D eigenvalue weighted by molar-refractivity contribution is 9.10. The zero-order valence-electron chi connectivity index (χ0n) is 11.2. The average molecular weight is 430 g/mol. The quantitative estimate of drug-likeness (QED) is 0.530. The van der Waals surface area contributed by atoms with Crippen LogP contribution in [0, 0.1) is 6.92 Å². The second-order valence-corrected chi connectivity index (χ2v) is 9.39. The summed E-state index contributed by atoms with van der Waals surface area (Å²) in [5.41, 5.74) is -4.20. The zero-order chi connectivity index (χ0) is 16.5. The Kier molecular flexibility index (Phi) is 5.46. The smallest absolute Gasteiger partial charge is 0.320 e. The fraction of sp³-hybridized carbons (Fsp3) is 0.250. The Morgan fingerprint density at radius 3 is 2.64 bits per heavy atom. The summed E-state index contributed by atoms with van der Waals surface area (Å²) in [4.78, 5) is 22.8. The minimum atomic E-state index is -5.57. The van der Waals surface area contributed by atoms with Gasteiger partial charge in [0.25, 0.3) is 0 Å². The summed E-state index contributed by atoms with van der Waals surface area (Å²) in [5.74, 6) is 0.521. The lowest BCUT2D eigenvalue weighted by Gasteiger charge is -2.19. The molecular weight excluding hydrogens is 419 g/mol. The highest BCUT2D eigenvalue weighted by atomic mass is 79.9. The van der Waals surface area contributed by atoms with E-state index >= 15 is 0 Å². The van der Waals surface area contributed by atoms with Crippen LogP contribution in [0.2, 0.25) is 0 Å². The third kappa shape index (κ3) is 3.96. The van der Waals surface area contributed by atoms with Gasteiger partial charge >= 0.3 is 13.3 Å². The molecule has 2 rings (SSSR count). The third-order valence-electron chi connectivity index (χ3n) is 2.69. The van der Waals surface area contributed by atoms with Gasteiger partial charge in [-0.3, -0.25) is 4.57 Å². The minimum absolute atomic E-state index is 0.0331. The molecule has 0 amide bonds. The first-order valence-electron chi connectivity index (χ1n) is 5.89. The Morgan fingerprint density at radius 1 is 1.45 bits per heavy atom. The molecule has 2 aromatic rings. The molecule has 0 aliphatic heterocycles. The average Bonchev–Trinajstić information content (AvgIpc) is 2.80. The topological polar surface area (TPSA) is 70.4 Å². The van der Waals surface area contributed by atoms with E-state index in [0.29, 0.717) is 5.75 Å². The summed E-state index contributed by atoms with van der Waals surface area (Å²) in [6.45, 7) is 1.94. The van der Waals surface area contributed by atoms with Crippen molar-refractivity contribution in [1.82, 2.24) is 4.98 Å². The number of hydrogen-bond acceptors (Lipinski definition) is 4. The van der Waals surface area contributed by atoms with Crippen molar-refractivity contribution in [2.75, 3.05) is 0 Å². The molecule has 0 bridgehead atoms. The van der Waals surface area contributed by atoms with Crippen molar-refractivity contribution in [3.63, 3.8) is 0 Å². The lowest BCUT2D eigenvalue weighted by molar-refractivity contribution is 0.0557. The Hall–Kier alpha value is -0.310. The SMILES string of the molecule is Cc1cnc(SCc2ccc(C(F)(F)P(=O)(O)O)c(Br)c2)s1. The van der Waals surface area contributed by atoms with Crippen LogP contribution in [0.15, 0.2) is 33.2 Å². The molecule has 4 nitrogen and oxygen atoms in total. The van der Waals surface area contributed by atoms with Crippen LogP contribution < -0.4 is 0 Å². The van der Waals surface area contributed by atoms with Gasteiger partial charge in [0.05, 0.1) is 0 Å². The summed E-state index contributed by atoms with van der Waals surface area (Å²) in [5, 5.41) is 0. The molecule has 10 heteroatoms. The maximum atomic E-state index is 13.7. The molecule has 1 aromatic heterocycles.